The molecule has 1 amide bonds. The number of carbonyl (C=O) groups is 1. The highest BCUT2D eigenvalue weighted by Gasteiger charge is 2.31. The van der Waals surface area contributed by atoms with E-state index >= 15 is 0 Å². The van der Waals surface area contributed by atoms with E-state index in [0.29, 0.717) is 11.3 Å². The SMILES string of the molecule is Cc1ccc(C(=O)N(c2ccccc2)S(=O)(=O)c2ccc(C)cc2)cc1. The van der Waals surface area contributed by atoms with Gasteiger partial charge < -0.3 is 0 Å². The second-order valence-electron chi connectivity index (χ2n) is 6.09. The highest BCUT2D eigenvalue weighted by Crippen LogP contribution is 2.26. The Bertz CT molecular complexity index is 1010. The summed E-state index contributed by atoms with van der Waals surface area (Å²) in [7, 11) is -4.04. The van der Waals surface area contributed by atoms with Gasteiger partial charge in [-0.2, -0.15) is 4.31 Å². The van der Waals surface area contributed by atoms with Crippen molar-refractivity contribution in [2.75, 3.05) is 4.31 Å². The van der Waals surface area contributed by atoms with Crippen LogP contribution in [0.25, 0.3) is 0 Å². The van der Waals surface area contributed by atoms with E-state index in [1.165, 1.54) is 12.1 Å². The van der Waals surface area contributed by atoms with E-state index in [2.05, 4.69) is 0 Å². The van der Waals surface area contributed by atoms with Gasteiger partial charge in [-0.1, -0.05) is 53.6 Å². The molecular formula is C21H19NO3S. The Morgan fingerprint density at radius 3 is 1.77 bits per heavy atom. The van der Waals surface area contributed by atoms with Crippen LogP contribution in [-0.2, 0) is 10.0 Å². The summed E-state index contributed by atoms with van der Waals surface area (Å²) in [6, 6.07) is 21.7. The van der Waals surface area contributed by atoms with E-state index in [1.807, 2.05) is 13.8 Å². The van der Waals surface area contributed by atoms with Crippen molar-refractivity contribution in [1.29, 1.82) is 0 Å². The van der Waals surface area contributed by atoms with Crippen LogP contribution < -0.4 is 4.31 Å². The number of amides is 1. The Balaban J connectivity index is 2.14. The number of rotatable bonds is 4. The summed E-state index contributed by atoms with van der Waals surface area (Å²) in [6.45, 7) is 3.79. The molecule has 0 aromatic heterocycles. The molecule has 0 aliphatic rings. The van der Waals surface area contributed by atoms with E-state index in [9.17, 15) is 13.2 Å². The normalized spacial score (nSPS) is 11.2. The molecule has 0 aliphatic heterocycles. The molecule has 3 rings (SSSR count). The van der Waals surface area contributed by atoms with Gasteiger partial charge in [0, 0.05) is 5.56 Å². The second-order valence-corrected chi connectivity index (χ2v) is 7.88. The highest BCUT2D eigenvalue weighted by atomic mass is 32.2. The molecule has 0 atom stereocenters. The quantitative estimate of drug-likeness (QED) is 0.691. The minimum atomic E-state index is -4.04. The van der Waals surface area contributed by atoms with Crippen LogP contribution in [0.1, 0.15) is 21.5 Å². The van der Waals surface area contributed by atoms with Gasteiger partial charge in [-0.05, 0) is 50.2 Å². The Morgan fingerprint density at radius 1 is 0.731 bits per heavy atom. The molecule has 0 saturated carbocycles. The first kappa shape index (κ1) is 17.9. The lowest BCUT2D eigenvalue weighted by atomic mass is 10.1. The number of carbonyl (C=O) groups excluding carboxylic acids is 1. The summed E-state index contributed by atoms with van der Waals surface area (Å²) in [6.07, 6.45) is 0. The molecule has 3 aromatic rings. The standard InChI is InChI=1S/C21H19NO3S/c1-16-8-12-18(13-9-16)21(23)22(19-6-4-3-5-7-19)26(24,25)20-14-10-17(2)11-15-20/h3-15H,1-2H3. The summed E-state index contributed by atoms with van der Waals surface area (Å²) in [5.74, 6) is -0.586. The molecule has 3 aromatic carbocycles. The number of sulfonamides is 1. The van der Waals surface area contributed by atoms with Crippen LogP contribution in [0.3, 0.4) is 0 Å². The fourth-order valence-electron chi connectivity index (χ4n) is 2.56. The van der Waals surface area contributed by atoms with Crippen LogP contribution in [0.15, 0.2) is 83.8 Å². The van der Waals surface area contributed by atoms with Gasteiger partial charge >= 0.3 is 0 Å². The van der Waals surface area contributed by atoms with Crippen molar-refractivity contribution in [3.63, 3.8) is 0 Å². The van der Waals surface area contributed by atoms with Gasteiger partial charge in [-0.3, -0.25) is 4.79 Å². The molecule has 5 heteroatoms. The molecule has 26 heavy (non-hydrogen) atoms. The van der Waals surface area contributed by atoms with Crippen LogP contribution in [0.4, 0.5) is 5.69 Å². The molecule has 4 nitrogen and oxygen atoms in total. The van der Waals surface area contributed by atoms with Crippen LogP contribution in [0, 0.1) is 13.8 Å². The smallest absolute Gasteiger partial charge is 0.268 e. The van der Waals surface area contributed by atoms with E-state index in [4.69, 9.17) is 0 Å². The second kappa shape index (κ2) is 7.14. The third kappa shape index (κ3) is 3.53. The molecular weight excluding hydrogens is 346 g/mol. The maximum atomic E-state index is 13.2. The minimum Gasteiger partial charge on any atom is -0.268 e. The number of hydrogen-bond acceptors (Lipinski definition) is 3. The molecule has 132 valence electrons. The van der Waals surface area contributed by atoms with Crippen molar-refractivity contribution in [2.45, 2.75) is 18.7 Å². The molecule has 0 saturated heterocycles. The Labute approximate surface area is 153 Å². The average molecular weight is 365 g/mol. The van der Waals surface area contributed by atoms with Gasteiger partial charge in [0.2, 0.25) is 0 Å². The molecule has 0 radical (unpaired) electrons. The van der Waals surface area contributed by atoms with E-state index in [0.717, 1.165) is 15.4 Å². The maximum absolute atomic E-state index is 13.2. The zero-order chi connectivity index (χ0) is 18.7. The van der Waals surface area contributed by atoms with Crippen molar-refractivity contribution in [2.24, 2.45) is 0 Å². The predicted molar refractivity (Wildman–Crippen MR) is 103 cm³/mol. The first-order valence-corrected chi connectivity index (χ1v) is 9.61. The summed E-state index contributed by atoms with van der Waals surface area (Å²) in [4.78, 5) is 13.2. The molecule has 0 N–H and O–H groups in total. The fourth-order valence-corrected chi connectivity index (χ4v) is 3.97. The molecule has 0 unspecified atom stereocenters. The van der Waals surface area contributed by atoms with Crippen LogP contribution in [-0.4, -0.2) is 14.3 Å². The lowest BCUT2D eigenvalue weighted by Crippen LogP contribution is -2.37. The van der Waals surface area contributed by atoms with E-state index < -0.39 is 15.9 Å². The fraction of sp³-hybridized carbons (Fsp3) is 0.0952. The maximum Gasteiger partial charge on any atom is 0.272 e. The molecule has 0 bridgehead atoms. The number of para-hydroxylation sites is 1. The first-order valence-electron chi connectivity index (χ1n) is 8.17. The summed E-state index contributed by atoms with van der Waals surface area (Å²) >= 11 is 0. The zero-order valence-corrected chi connectivity index (χ0v) is 15.4. The molecule has 0 heterocycles. The topological polar surface area (TPSA) is 54.5 Å². The number of nitrogens with zero attached hydrogens (tertiary/aromatic N) is 1. The van der Waals surface area contributed by atoms with Crippen LogP contribution in [0.2, 0.25) is 0 Å². The van der Waals surface area contributed by atoms with Crippen molar-refractivity contribution in [3.05, 3.63) is 95.6 Å². The summed E-state index contributed by atoms with van der Waals surface area (Å²) in [5.41, 5.74) is 2.56. The zero-order valence-electron chi connectivity index (χ0n) is 14.6. The third-order valence-electron chi connectivity index (χ3n) is 4.03. The van der Waals surface area contributed by atoms with Crippen molar-refractivity contribution in [1.82, 2.24) is 0 Å². The highest BCUT2D eigenvalue weighted by molar-refractivity contribution is 7.93. The minimum absolute atomic E-state index is 0.0763. The lowest BCUT2D eigenvalue weighted by Gasteiger charge is -2.23. The summed E-state index contributed by atoms with van der Waals surface area (Å²) < 4.78 is 27.3. The van der Waals surface area contributed by atoms with Crippen molar-refractivity contribution in [3.8, 4) is 0 Å². The van der Waals surface area contributed by atoms with E-state index in [-0.39, 0.29) is 4.90 Å². The van der Waals surface area contributed by atoms with Crippen LogP contribution >= 0.6 is 0 Å². The number of aryl methyl sites for hydroxylation is 2. The average Bonchev–Trinajstić information content (AvgIpc) is 2.63. The van der Waals surface area contributed by atoms with Gasteiger partial charge in [0.15, 0.2) is 0 Å². The third-order valence-corrected chi connectivity index (χ3v) is 5.76. The van der Waals surface area contributed by atoms with Gasteiger partial charge in [0.05, 0.1) is 10.6 Å². The Kier molecular flexibility index (Phi) is 4.91. The Morgan fingerprint density at radius 2 is 1.23 bits per heavy atom. The van der Waals surface area contributed by atoms with Gasteiger partial charge in [0.1, 0.15) is 0 Å². The largest absolute Gasteiger partial charge is 0.272 e. The summed E-state index contributed by atoms with van der Waals surface area (Å²) in [5, 5.41) is 0. The Hall–Kier alpha value is -2.92. The van der Waals surface area contributed by atoms with E-state index in [1.54, 1.807) is 66.7 Å². The predicted octanol–water partition coefficient (Wildman–Crippen LogP) is 4.34. The molecule has 0 spiro atoms. The monoisotopic (exact) mass is 365 g/mol. The first-order chi connectivity index (χ1) is 12.4. The number of benzene rings is 3. The van der Waals surface area contributed by atoms with Gasteiger partial charge in [0.25, 0.3) is 15.9 Å². The lowest BCUT2D eigenvalue weighted by molar-refractivity contribution is 0.101. The van der Waals surface area contributed by atoms with Crippen molar-refractivity contribution >= 4 is 21.6 Å². The number of anilines is 1. The van der Waals surface area contributed by atoms with Crippen molar-refractivity contribution < 1.29 is 13.2 Å². The number of hydrogen-bond donors (Lipinski definition) is 0. The molecule has 0 aliphatic carbocycles. The van der Waals surface area contributed by atoms with Gasteiger partial charge in [-0.25, -0.2) is 8.42 Å². The van der Waals surface area contributed by atoms with Crippen LogP contribution in [0.5, 0.6) is 0 Å². The van der Waals surface area contributed by atoms with Gasteiger partial charge in [-0.15, -0.1) is 0 Å². The molecule has 0 fully saturated rings.